The molecule has 0 heterocycles. The van der Waals surface area contributed by atoms with E-state index in [0.717, 1.165) is 37.8 Å². The van der Waals surface area contributed by atoms with Crippen LogP contribution in [0.25, 0.3) is 0 Å². The molecule has 5 heteroatoms. The van der Waals surface area contributed by atoms with Crippen molar-refractivity contribution in [2.75, 3.05) is 20.6 Å². The standard InChI is InChI=1S/C18H29N3O2/c1-21(2)13-15-8-6-14(7-9-15)11-19-18(23)20-12-16-4-3-5-17(22)10-16/h6-9,16-17,22H,3-5,10-13H2,1-2H3,(H2,19,20,23). The van der Waals surface area contributed by atoms with Gasteiger partial charge in [-0.2, -0.15) is 0 Å². The Balaban J connectivity index is 1.67. The van der Waals surface area contributed by atoms with Crippen molar-refractivity contribution in [3.8, 4) is 0 Å². The maximum absolute atomic E-state index is 11.9. The number of nitrogens with zero attached hydrogens (tertiary/aromatic N) is 1. The van der Waals surface area contributed by atoms with Crippen LogP contribution in [0.5, 0.6) is 0 Å². The number of carbonyl (C=O) groups is 1. The molecule has 1 aliphatic carbocycles. The highest BCUT2D eigenvalue weighted by Gasteiger charge is 2.20. The summed E-state index contributed by atoms with van der Waals surface area (Å²) in [5, 5.41) is 15.4. The molecule has 23 heavy (non-hydrogen) atoms. The first kappa shape index (κ1) is 17.8. The molecule has 0 spiro atoms. The Morgan fingerprint density at radius 2 is 1.87 bits per heavy atom. The highest BCUT2D eigenvalue weighted by atomic mass is 16.3. The van der Waals surface area contributed by atoms with E-state index in [1.165, 1.54) is 5.56 Å². The minimum Gasteiger partial charge on any atom is -0.393 e. The van der Waals surface area contributed by atoms with Gasteiger partial charge in [-0.25, -0.2) is 4.79 Å². The van der Waals surface area contributed by atoms with Crippen LogP contribution in [-0.2, 0) is 13.1 Å². The molecule has 2 amide bonds. The number of hydrogen-bond donors (Lipinski definition) is 3. The molecule has 0 saturated heterocycles. The molecule has 2 unspecified atom stereocenters. The van der Waals surface area contributed by atoms with E-state index >= 15 is 0 Å². The van der Waals surface area contributed by atoms with Gasteiger partial charge in [-0.3, -0.25) is 0 Å². The first-order valence-electron chi connectivity index (χ1n) is 8.45. The highest BCUT2D eigenvalue weighted by molar-refractivity contribution is 5.73. The van der Waals surface area contributed by atoms with Gasteiger partial charge in [-0.05, 0) is 50.4 Å². The van der Waals surface area contributed by atoms with Crippen LogP contribution in [0.1, 0.15) is 36.8 Å². The van der Waals surface area contributed by atoms with Crippen LogP contribution in [0.2, 0.25) is 0 Å². The first-order chi connectivity index (χ1) is 11.0. The minimum atomic E-state index is -0.195. The third-order valence-corrected chi connectivity index (χ3v) is 4.28. The smallest absolute Gasteiger partial charge is 0.315 e. The van der Waals surface area contributed by atoms with Gasteiger partial charge >= 0.3 is 6.03 Å². The Kier molecular flexibility index (Phi) is 6.86. The molecule has 2 atom stereocenters. The quantitative estimate of drug-likeness (QED) is 0.752. The Morgan fingerprint density at radius 1 is 1.17 bits per heavy atom. The normalized spacial score (nSPS) is 21.2. The van der Waals surface area contributed by atoms with Gasteiger partial charge in [0.2, 0.25) is 0 Å². The lowest BCUT2D eigenvalue weighted by atomic mass is 9.87. The summed E-state index contributed by atoms with van der Waals surface area (Å²) in [7, 11) is 4.09. The molecule has 0 bridgehead atoms. The van der Waals surface area contributed by atoms with E-state index < -0.39 is 0 Å². The van der Waals surface area contributed by atoms with Crippen LogP contribution in [0, 0.1) is 5.92 Å². The molecule has 128 valence electrons. The SMILES string of the molecule is CN(C)Cc1ccc(CNC(=O)NCC2CCCC(O)C2)cc1. The van der Waals surface area contributed by atoms with Crippen molar-refractivity contribution >= 4 is 6.03 Å². The van der Waals surface area contributed by atoms with Crippen LogP contribution < -0.4 is 10.6 Å². The number of aliphatic hydroxyl groups is 1. The highest BCUT2D eigenvalue weighted by Crippen LogP contribution is 2.23. The summed E-state index contributed by atoms with van der Waals surface area (Å²) < 4.78 is 0. The van der Waals surface area contributed by atoms with Gasteiger partial charge in [0, 0.05) is 19.6 Å². The molecule has 3 N–H and O–H groups in total. The molecule has 0 aliphatic heterocycles. The number of carbonyl (C=O) groups excluding carboxylic acids is 1. The summed E-state index contributed by atoms with van der Waals surface area (Å²) in [6.07, 6.45) is 3.64. The third-order valence-electron chi connectivity index (χ3n) is 4.28. The second-order valence-electron chi connectivity index (χ2n) is 6.80. The molecule has 1 aromatic carbocycles. The zero-order chi connectivity index (χ0) is 16.7. The first-order valence-corrected chi connectivity index (χ1v) is 8.45. The van der Waals surface area contributed by atoms with Crippen LogP contribution >= 0.6 is 0 Å². The lowest BCUT2D eigenvalue weighted by Crippen LogP contribution is -2.39. The number of rotatable bonds is 6. The van der Waals surface area contributed by atoms with E-state index in [9.17, 15) is 9.90 Å². The zero-order valence-electron chi connectivity index (χ0n) is 14.2. The molecular weight excluding hydrogens is 290 g/mol. The number of nitrogens with one attached hydrogen (secondary N) is 2. The Morgan fingerprint density at radius 3 is 2.52 bits per heavy atom. The molecule has 1 aromatic rings. The molecule has 2 rings (SSSR count). The van der Waals surface area contributed by atoms with Gasteiger partial charge in [-0.15, -0.1) is 0 Å². The predicted octanol–water partition coefficient (Wildman–Crippen LogP) is 2.10. The van der Waals surface area contributed by atoms with E-state index in [1.54, 1.807) is 0 Å². The van der Waals surface area contributed by atoms with Crippen molar-refractivity contribution < 1.29 is 9.90 Å². The molecule has 0 aromatic heterocycles. The molecule has 1 aliphatic rings. The van der Waals surface area contributed by atoms with Crippen LogP contribution in [0.3, 0.4) is 0 Å². The van der Waals surface area contributed by atoms with Crippen molar-refractivity contribution in [2.24, 2.45) is 5.92 Å². The molecule has 1 fully saturated rings. The third kappa shape index (κ3) is 6.59. The zero-order valence-corrected chi connectivity index (χ0v) is 14.2. The summed E-state index contributed by atoms with van der Waals surface area (Å²) in [6.45, 7) is 2.09. The van der Waals surface area contributed by atoms with E-state index in [2.05, 4.69) is 39.8 Å². The van der Waals surface area contributed by atoms with Gasteiger partial charge < -0.3 is 20.6 Å². The number of urea groups is 1. The fourth-order valence-corrected chi connectivity index (χ4v) is 3.06. The van der Waals surface area contributed by atoms with E-state index in [-0.39, 0.29) is 12.1 Å². The van der Waals surface area contributed by atoms with Crippen molar-refractivity contribution in [1.29, 1.82) is 0 Å². The van der Waals surface area contributed by atoms with Crippen molar-refractivity contribution in [3.63, 3.8) is 0 Å². The largest absolute Gasteiger partial charge is 0.393 e. The lowest BCUT2D eigenvalue weighted by Gasteiger charge is -2.25. The topological polar surface area (TPSA) is 64.6 Å². The van der Waals surface area contributed by atoms with Gasteiger partial charge in [0.1, 0.15) is 0 Å². The van der Waals surface area contributed by atoms with Gasteiger partial charge in [-0.1, -0.05) is 30.7 Å². The van der Waals surface area contributed by atoms with Crippen LogP contribution in [0.4, 0.5) is 4.79 Å². The maximum atomic E-state index is 11.9. The van der Waals surface area contributed by atoms with Crippen LogP contribution in [-0.4, -0.2) is 42.8 Å². The monoisotopic (exact) mass is 319 g/mol. The van der Waals surface area contributed by atoms with Crippen molar-refractivity contribution in [3.05, 3.63) is 35.4 Å². The van der Waals surface area contributed by atoms with Gasteiger partial charge in [0.25, 0.3) is 0 Å². The summed E-state index contributed by atoms with van der Waals surface area (Å²) in [4.78, 5) is 14.0. The summed E-state index contributed by atoms with van der Waals surface area (Å²) >= 11 is 0. The number of hydrogen-bond acceptors (Lipinski definition) is 3. The van der Waals surface area contributed by atoms with Crippen LogP contribution in [0.15, 0.2) is 24.3 Å². The molecule has 0 radical (unpaired) electrons. The number of aliphatic hydroxyl groups excluding tert-OH is 1. The average Bonchev–Trinajstić information content (AvgIpc) is 2.52. The fourth-order valence-electron chi connectivity index (χ4n) is 3.06. The Hall–Kier alpha value is -1.59. The number of benzene rings is 1. The Bertz CT molecular complexity index is 488. The van der Waals surface area contributed by atoms with Crippen molar-refractivity contribution in [2.45, 2.75) is 44.9 Å². The van der Waals surface area contributed by atoms with E-state index in [4.69, 9.17) is 0 Å². The lowest BCUT2D eigenvalue weighted by molar-refractivity contribution is 0.101. The average molecular weight is 319 g/mol. The summed E-state index contributed by atoms with van der Waals surface area (Å²) in [5.74, 6) is 0.398. The van der Waals surface area contributed by atoms with E-state index in [1.807, 2.05) is 14.1 Å². The molecule has 1 saturated carbocycles. The summed E-state index contributed by atoms with van der Waals surface area (Å²) in [6, 6.07) is 8.16. The Labute approximate surface area is 139 Å². The fraction of sp³-hybridized carbons (Fsp3) is 0.611. The van der Waals surface area contributed by atoms with Crippen molar-refractivity contribution in [1.82, 2.24) is 15.5 Å². The summed E-state index contributed by atoms with van der Waals surface area (Å²) in [5.41, 5.74) is 2.36. The maximum Gasteiger partial charge on any atom is 0.315 e. The second-order valence-corrected chi connectivity index (χ2v) is 6.80. The number of amides is 2. The predicted molar refractivity (Wildman–Crippen MR) is 92.0 cm³/mol. The van der Waals surface area contributed by atoms with Gasteiger partial charge in [0.15, 0.2) is 0 Å². The van der Waals surface area contributed by atoms with E-state index in [0.29, 0.717) is 19.0 Å². The molecule has 5 nitrogen and oxygen atoms in total. The molecular formula is C18H29N3O2. The minimum absolute atomic E-state index is 0.137. The van der Waals surface area contributed by atoms with Gasteiger partial charge in [0.05, 0.1) is 6.10 Å². The second kappa shape index (κ2) is 8.89.